The highest BCUT2D eigenvalue weighted by Crippen LogP contribution is 2.76. The van der Waals surface area contributed by atoms with E-state index in [1.807, 2.05) is 0 Å². The van der Waals surface area contributed by atoms with Crippen LogP contribution >= 0.6 is 0 Å². The summed E-state index contributed by atoms with van der Waals surface area (Å²) in [6.45, 7) is 14.0. The molecule has 372 valence electrons. The lowest BCUT2D eigenvalue weighted by Crippen LogP contribution is -2.68. The van der Waals surface area contributed by atoms with Gasteiger partial charge in [-0.2, -0.15) is 0 Å². The lowest BCUT2D eigenvalue weighted by Gasteiger charge is -2.71. The molecule has 8 aliphatic rings. The van der Waals surface area contributed by atoms with Gasteiger partial charge in [-0.05, 0) is 103 Å². The van der Waals surface area contributed by atoms with Gasteiger partial charge in [0.05, 0.1) is 32.0 Å². The molecule has 3 heterocycles. The highest BCUT2D eigenvalue weighted by Gasteiger charge is 2.71. The molecular formula is C47H76O18. The van der Waals surface area contributed by atoms with Gasteiger partial charge < -0.3 is 84.6 Å². The lowest BCUT2D eigenvalue weighted by atomic mass is 9.33. The molecule has 18 nitrogen and oxygen atoms in total. The second-order valence-corrected chi connectivity index (χ2v) is 23.1. The highest BCUT2D eigenvalue weighted by atomic mass is 16.8. The van der Waals surface area contributed by atoms with Crippen molar-refractivity contribution in [3.8, 4) is 0 Å². The number of carboxylic acid groups (broad SMARTS) is 1. The number of carbonyl (C=O) groups is 1. The first kappa shape index (κ1) is 50.0. The number of aliphatic hydroxyl groups is 10. The van der Waals surface area contributed by atoms with Gasteiger partial charge in [-0.3, -0.25) is 4.79 Å². The maximum Gasteiger partial charge on any atom is 0.312 e. The maximum absolute atomic E-state index is 13.2. The summed E-state index contributed by atoms with van der Waals surface area (Å²) in [5, 5.41) is 119. The van der Waals surface area contributed by atoms with Crippen LogP contribution in [0, 0.1) is 50.2 Å². The molecule has 23 atom stereocenters. The maximum atomic E-state index is 13.2. The van der Waals surface area contributed by atoms with Gasteiger partial charge >= 0.3 is 5.97 Å². The molecule has 0 aromatic carbocycles. The average Bonchev–Trinajstić information content (AvgIpc) is 3.23. The molecule has 8 rings (SSSR count). The summed E-state index contributed by atoms with van der Waals surface area (Å²) in [7, 11) is 0. The number of hydrogen-bond donors (Lipinski definition) is 11. The molecule has 5 aliphatic carbocycles. The zero-order chi connectivity index (χ0) is 47.6. The zero-order valence-corrected chi connectivity index (χ0v) is 38.8. The minimum Gasteiger partial charge on any atom is -0.481 e. The van der Waals surface area contributed by atoms with E-state index in [9.17, 15) is 61.0 Å². The van der Waals surface area contributed by atoms with Gasteiger partial charge in [0.2, 0.25) is 0 Å². The van der Waals surface area contributed by atoms with Crippen LogP contribution in [-0.2, 0) is 33.2 Å². The Kier molecular flexibility index (Phi) is 13.4. The summed E-state index contributed by atoms with van der Waals surface area (Å²) >= 11 is 0. The van der Waals surface area contributed by atoms with Gasteiger partial charge in [-0.15, -0.1) is 0 Å². The topological polar surface area (TPSA) is 295 Å². The van der Waals surface area contributed by atoms with E-state index in [-0.39, 0.29) is 40.6 Å². The van der Waals surface area contributed by atoms with Gasteiger partial charge in [0.25, 0.3) is 0 Å². The second-order valence-electron chi connectivity index (χ2n) is 23.1. The summed E-state index contributed by atoms with van der Waals surface area (Å²) in [6, 6.07) is 0. The van der Waals surface area contributed by atoms with Crippen molar-refractivity contribution in [3.63, 3.8) is 0 Å². The Labute approximate surface area is 380 Å². The molecule has 11 N–H and O–H groups in total. The van der Waals surface area contributed by atoms with E-state index in [1.54, 1.807) is 0 Å². The second kappa shape index (κ2) is 17.5. The van der Waals surface area contributed by atoms with Crippen LogP contribution in [0.25, 0.3) is 0 Å². The van der Waals surface area contributed by atoms with Gasteiger partial charge in [-0.25, -0.2) is 0 Å². The standard InChI is InChI=1S/C47H76O18/c1-42(2)14-15-47(41(58)59)22(16-42)21-8-9-27-44(5)12-11-29(43(3,4)26(44)10-13-45(27,6)46(21,7)17-28(47)51)63-38-34(56)36(23(50)20-60-38)64-40-35(57)37(31(53)25(19-49)62-40)65-39-33(55)32(54)30(52)24(18-48)61-39/h8,22-40,48-57H,9-20H2,1-7H3,(H,58,59)/t22-,23+,24-,25-,26-,27-,28-,29+,30-,31-,32+,33-,34-,35-,36+,37+,38+,39+,40+,44+,45-,46-,47-/m1/s1. The number of aliphatic carboxylic acids is 1. The summed E-state index contributed by atoms with van der Waals surface area (Å²) in [5.74, 6) is -0.710. The third-order valence-electron chi connectivity index (χ3n) is 19.0. The SMILES string of the molecule is CC1(C)CC[C@]2(C(=O)O)[C@H](O)C[C@]3(C)C(=CC[C@@H]4[C@@]5(C)CC[C@H](O[C@@H]6OC[C@H](O)[C@H](O[C@@H]7O[C@H](CO)[C@@H](O)[C@H](O[C@@H]8O[C@H](CO)[C@@H](O)[C@H](O)[C@H]8O)[C@H]7O)[C@H]6O)C(C)(C)[C@H]5CC[C@]43C)[C@H]2C1. The van der Waals surface area contributed by atoms with E-state index in [4.69, 9.17) is 28.4 Å². The smallest absolute Gasteiger partial charge is 0.312 e. The molecule has 0 radical (unpaired) electrons. The first-order valence-corrected chi connectivity index (χ1v) is 23.8. The van der Waals surface area contributed by atoms with E-state index >= 15 is 0 Å². The van der Waals surface area contributed by atoms with E-state index in [0.717, 1.165) is 38.5 Å². The van der Waals surface area contributed by atoms with Gasteiger partial charge in [-0.1, -0.05) is 60.1 Å². The van der Waals surface area contributed by atoms with Crippen molar-refractivity contribution in [1.29, 1.82) is 0 Å². The van der Waals surface area contributed by atoms with Crippen molar-refractivity contribution in [2.75, 3.05) is 19.8 Å². The van der Waals surface area contributed by atoms with Crippen LogP contribution < -0.4 is 0 Å². The van der Waals surface area contributed by atoms with Crippen LogP contribution in [0.2, 0.25) is 0 Å². The molecule has 0 bridgehead atoms. The van der Waals surface area contributed by atoms with Crippen molar-refractivity contribution in [1.82, 2.24) is 0 Å². The summed E-state index contributed by atoms with van der Waals surface area (Å²) in [4.78, 5) is 13.2. The Morgan fingerprint density at radius 3 is 1.94 bits per heavy atom. The number of hydrogen-bond acceptors (Lipinski definition) is 17. The Morgan fingerprint density at radius 2 is 1.29 bits per heavy atom. The van der Waals surface area contributed by atoms with Crippen molar-refractivity contribution < 1.29 is 89.4 Å². The monoisotopic (exact) mass is 929 g/mol. The number of aliphatic hydroxyl groups excluding tert-OH is 10. The summed E-state index contributed by atoms with van der Waals surface area (Å²) in [6.07, 6.45) is -15.4. The molecule has 7 fully saturated rings. The number of allylic oxidation sites excluding steroid dienone is 2. The normalized spacial score (nSPS) is 54.0. The first-order valence-electron chi connectivity index (χ1n) is 23.8. The summed E-state index contributed by atoms with van der Waals surface area (Å²) in [5.41, 5.74) is -1.19. The quantitative estimate of drug-likeness (QED) is 0.110. The number of fused-ring (bicyclic) bond motifs is 7. The Balaban J connectivity index is 0.976. The van der Waals surface area contributed by atoms with Gasteiger partial charge in [0, 0.05) is 0 Å². The van der Waals surface area contributed by atoms with Crippen LogP contribution in [0.15, 0.2) is 11.6 Å². The minimum absolute atomic E-state index is 0.0400. The van der Waals surface area contributed by atoms with Crippen molar-refractivity contribution >= 4 is 5.97 Å². The molecule has 18 heteroatoms. The minimum atomic E-state index is -1.88. The molecular weight excluding hydrogens is 852 g/mol. The fourth-order valence-electron chi connectivity index (χ4n) is 15.0. The van der Waals surface area contributed by atoms with Crippen LogP contribution in [0.3, 0.4) is 0 Å². The third-order valence-corrected chi connectivity index (χ3v) is 19.0. The van der Waals surface area contributed by atoms with E-state index < -0.39 is 134 Å². The predicted octanol–water partition coefficient (Wildman–Crippen LogP) is 0.316. The largest absolute Gasteiger partial charge is 0.481 e. The molecule has 0 spiro atoms. The van der Waals surface area contributed by atoms with E-state index in [2.05, 4.69) is 54.5 Å². The Bertz CT molecular complexity index is 1780. The van der Waals surface area contributed by atoms with Crippen molar-refractivity contribution in [3.05, 3.63) is 11.6 Å². The molecule has 4 saturated carbocycles. The zero-order valence-electron chi connectivity index (χ0n) is 38.8. The number of rotatable bonds is 9. The van der Waals surface area contributed by atoms with Crippen LogP contribution in [0.5, 0.6) is 0 Å². The molecule has 0 aromatic rings. The molecule has 3 saturated heterocycles. The number of carboxylic acids is 1. The van der Waals surface area contributed by atoms with Crippen molar-refractivity contribution in [2.45, 2.75) is 204 Å². The first-order chi connectivity index (χ1) is 30.3. The lowest BCUT2D eigenvalue weighted by molar-refractivity contribution is -0.379. The van der Waals surface area contributed by atoms with Crippen molar-refractivity contribution in [2.24, 2.45) is 50.2 Å². The highest BCUT2D eigenvalue weighted by molar-refractivity contribution is 5.77. The van der Waals surface area contributed by atoms with E-state index in [0.29, 0.717) is 19.3 Å². The molecule has 0 amide bonds. The average molecular weight is 929 g/mol. The van der Waals surface area contributed by atoms with Gasteiger partial charge in [0.15, 0.2) is 18.9 Å². The van der Waals surface area contributed by atoms with E-state index in [1.165, 1.54) is 5.57 Å². The molecule has 0 aromatic heterocycles. The van der Waals surface area contributed by atoms with Crippen LogP contribution in [-0.4, -0.2) is 180 Å². The van der Waals surface area contributed by atoms with Gasteiger partial charge in [0.1, 0.15) is 72.6 Å². The molecule has 3 aliphatic heterocycles. The fourth-order valence-corrected chi connectivity index (χ4v) is 15.0. The van der Waals surface area contributed by atoms with Crippen LogP contribution in [0.4, 0.5) is 0 Å². The number of ether oxygens (including phenoxy) is 6. The molecule has 0 unspecified atom stereocenters. The predicted molar refractivity (Wildman–Crippen MR) is 226 cm³/mol. The summed E-state index contributed by atoms with van der Waals surface area (Å²) < 4.78 is 35.4. The molecule has 65 heavy (non-hydrogen) atoms. The Hall–Kier alpha value is -1.43. The fraction of sp³-hybridized carbons (Fsp3) is 0.936. The Morgan fingerprint density at radius 1 is 0.677 bits per heavy atom. The van der Waals surface area contributed by atoms with Crippen LogP contribution in [0.1, 0.15) is 106 Å². The third kappa shape index (κ3) is 7.71.